The van der Waals surface area contributed by atoms with Gasteiger partial charge in [0.15, 0.2) is 0 Å². The highest BCUT2D eigenvalue weighted by Gasteiger charge is 2.04. The molecule has 0 aliphatic carbocycles. The molecule has 1 nitrogen and oxygen atoms in total. The quantitative estimate of drug-likeness (QED) is 0.771. The van der Waals surface area contributed by atoms with E-state index in [0.29, 0.717) is 6.04 Å². The molecule has 1 aromatic rings. The molecule has 0 saturated carbocycles. The van der Waals surface area contributed by atoms with Crippen LogP contribution in [0.25, 0.3) is 0 Å². The Morgan fingerprint density at radius 3 is 2.36 bits per heavy atom. The molecule has 0 aromatic heterocycles. The zero-order chi connectivity index (χ0) is 10.6. The summed E-state index contributed by atoms with van der Waals surface area (Å²) in [6, 6.07) is 5.50. The molecule has 0 atom stereocenters. The molecule has 0 amide bonds. The van der Waals surface area contributed by atoms with Crippen molar-refractivity contribution >= 4 is 5.69 Å². The van der Waals surface area contributed by atoms with E-state index in [1.807, 2.05) is 13.0 Å². The molecule has 0 bridgehead atoms. The lowest BCUT2D eigenvalue weighted by atomic mass is 10.1. The highest BCUT2D eigenvalue weighted by molar-refractivity contribution is 5.46. The summed E-state index contributed by atoms with van der Waals surface area (Å²) in [5.41, 5.74) is 1.84. The predicted molar refractivity (Wildman–Crippen MR) is 59.1 cm³/mol. The minimum absolute atomic E-state index is 0.168. The lowest BCUT2D eigenvalue weighted by Crippen LogP contribution is -2.17. The Morgan fingerprint density at radius 2 is 1.86 bits per heavy atom. The van der Waals surface area contributed by atoms with Gasteiger partial charge in [-0.15, -0.1) is 0 Å². The van der Waals surface area contributed by atoms with Crippen LogP contribution in [-0.4, -0.2) is 6.04 Å². The smallest absolute Gasteiger partial charge is 0.125 e. The van der Waals surface area contributed by atoms with Gasteiger partial charge >= 0.3 is 0 Å². The van der Waals surface area contributed by atoms with Crippen molar-refractivity contribution < 1.29 is 4.39 Å². The molecule has 0 aliphatic heterocycles. The summed E-state index contributed by atoms with van der Waals surface area (Å²) in [6.45, 7) is 6.17. The van der Waals surface area contributed by atoms with Gasteiger partial charge in [0.1, 0.15) is 5.82 Å². The Hall–Kier alpha value is -1.05. The van der Waals surface area contributed by atoms with Crippen LogP contribution in [0.2, 0.25) is 0 Å². The molecular weight excluding hydrogens is 177 g/mol. The zero-order valence-electron chi connectivity index (χ0n) is 9.10. The molecule has 0 unspecified atom stereocenters. The number of rotatable bonds is 4. The SMILES string of the molecule is CCC(CC)Nc1cc(C)cc(F)c1. The Labute approximate surface area is 85.3 Å². The van der Waals surface area contributed by atoms with Crippen LogP contribution < -0.4 is 5.32 Å². The fourth-order valence-electron chi connectivity index (χ4n) is 1.55. The van der Waals surface area contributed by atoms with Crippen LogP contribution in [0.15, 0.2) is 18.2 Å². The molecule has 1 aromatic carbocycles. The van der Waals surface area contributed by atoms with Crippen molar-refractivity contribution in [3.63, 3.8) is 0 Å². The first-order valence-corrected chi connectivity index (χ1v) is 5.19. The topological polar surface area (TPSA) is 12.0 Å². The van der Waals surface area contributed by atoms with E-state index < -0.39 is 0 Å². The van der Waals surface area contributed by atoms with Crippen LogP contribution in [0.5, 0.6) is 0 Å². The predicted octanol–water partition coefficient (Wildman–Crippen LogP) is 3.73. The molecule has 14 heavy (non-hydrogen) atoms. The average molecular weight is 195 g/mol. The van der Waals surface area contributed by atoms with Gasteiger partial charge < -0.3 is 5.32 Å². The van der Waals surface area contributed by atoms with Gasteiger partial charge in [-0.2, -0.15) is 0 Å². The van der Waals surface area contributed by atoms with Gasteiger partial charge in [-0.25, -0.2) is 4.39 Å². The first-order valence-electron chi connectivity index (χ1n) is 5.19. The molecular formula is C12H18FN. The molecule has 78 valence electrons. The molecule has 0 saturated heterocycles. The van der Waals surface area contributed by atoms with Gasteiger partial charge in [0.05, 0.1) is 0 Å². The maximum Gasteiger partial charge on any atom is 0.125 e. The van der Waals surface area contributed by atoms with Crippen LogP contribution in [0.1, 0.15) is 32.3 Å². The molecule has 0 radical (unpaired) electrons. The molecule has 0 spiro atoms. The molecule has 2 heteroatoms. The Balaban J connectivity index is 2.75. The third-order valence-electron chi connectivity index (χ3n) is 2.40. The summed E-state index contributed by atoms with van der Waals surface area (Å²) >= 11 is 0. The number of hydrogen-bond acceptors (Lipinski definition) is 1. The van der Waals surface area contributed by atoms with Gasteiger partial charge in [-0.05, 0) is 43.5 Å². The normalized spacial score (nSPS) is 10.6. The summed E-state index contributed by atoms with van der Waals surface area (Å²) < 4.78 is 13.0. The second-order valence-electron chi connectivity index (χ2n) is 3.68. The zero-order valence-corrected chi connectivity index (χ0v) is 9.10. The van der Waals surface area contributed by atoms with Gasteiger partial charge in [-0.3, -0.25) is 0 Å². The molecule has 0 aliphatic rings. The molecule has 0 fully saturated rings. The van der Waals surface area contributed by atoms with E-state index in [1.54, 1.807) is 6.07 Å². The lowest BCUT2D eigenvalue weighted by molar-refractivity contribution is 0.624. The van der Waals surface area contributed by atoms with Crippen LogP contribution in [0.4, 0.5) is 10.1 Å². The first-order chi connectivity index (χ1) is 6.65. The van der Waals surface area contributed by atoms with E-state index >= 15 is 0 Å². The van der Waals surface area contributed by atoms with Crippen molar-refractivity contribution in [3.05, 3.63) is 29.6 Å². The van der Waals surface area contributed by atoms with E-state index in [1.165, 1.54) is 6.07 Å². The summed E-state index contributed by atoms with van der Waals surface area (Å²) in [5.74, 6) is -0.168. The van der Waals surface area contributed by atoms with E-state index in [-0.39, 0.29) is 5.82 Å². The Morgan fingerprint density at radius 1 is 1.21 bits per heavy atom. The standard InChI is InChI=1S/C12H18FN/c1-4-11(5-2)14-12-7-9(3)6-10(13)8-12/h6-8,11,14H,4-5H2,1-3H3. The number of anilines is 1. The Kier molecular flexibility index (Phi) is 3.93. The van der Waals surface area contributed by atoms with E-state index in [4.69, 9.17) is 0 Å². The first kappa shape index (κ1) is 11.0. The van der Waals surface area contributed by atoms with Crippen molar-refractivity contribution in [1.82, 2.24) is 0 Å². The Bertz CT molecular complexity index is 272. The third kappa shape index (κ3) is 3.02. The van der Waals surface area contributed by atoms with Crippen LogP contribution in [0.3, 0.4) is 0 Å². The second-order valence-corrected chi connectivity index (χ2v) is 3.68. The van der Waals surface area contributed by atoms with Crippen molar-refractivity contribution in [2.45, 2.75) is 39.7 Å². The van der Waals surface area contributed by atoms with Crippen LogP contribution in [0, 0.1) is 12.7 Å². The van der Waals surface area contributed by atoms with Crippen LogP contribution in [-0.2, 0) is 0 Å². The number of halogens is 1. The van der Waals surface area contributed by atoms with E-state index in [9.17, 15) is 4.39 Å². The van der Waals surface area contributed by atoms with Crippen molar-refractivity contribution in [3.8, 4) is 0 Å². The van der Waals surface area contributed by atoms with Crippen molar-refractivity contribution in [2.75, 3.05) is 5.32 Å². The monoisotopic (exact) mass is 195 g/mol. The average Bonchev–Trinajstić information content (AvgIpc) is 2.12. The lowest BCUT2D eigenvalue weighted by Gasteiger charge is -2.16. The van der Waals surface area contributed by atoms with E-state index in [2.05, 4.69) is 19.2 Å². The fourth-order valence-corrected chi connectivity index (χ4v) is 1.55. The van der Waals surface area contributed by atoms with Gasteiger partial charge in [-0.1, -0.05) is 13.8 Å². The summed E-state index contributed by atoms with van der Waals surface area (Å²) in [4.78, 5) is 0. The largest absolute Gasteiger partial charge is 0.382 e. The number of nitrogens with one attached hydrogen (secondary N) is 1. The highest BCUT2D eigenvalue weighted by atomic mass is 19.1. The minimum Gasteiger partial charge on any atom is -0.382 e. The van der Waals surface area contributed by atoms with Gasteiger partial charge in [0.2, 0.25) is 0 Å². The fraction of sp³-hybridized carbons (Fsp3) is 0.500. The summed E-state index contributed by atoms with van der Waals surface area (Å²) in [5, 5.41) is 3.32. The number of hydrogen-bond donors (Lipinski definition) is 1. The second kappa shape index (κ2) is 4.99. The minimum atomic E-state index is -0.168. The summed E-state index contributed by atoms with van der Waals surface area (Å²) in [7, 11) is 0. The highest BCUT2D eigenvalue weighted by Crippen LogP contribution is 2.15. The third-order valence-corrected chi connectivity index (χ3v) is 2.40. The molecule has 1 rings (SSSR count). The maximum atomic E-state index is 13.0. The molecule has 0 heterocycles. The van der Waals surface area contributed by atoms with Crippen molar-refractivity contribution in [1.29, 1.82) is 0 Å². The van der Waals surface area contributed by atoms with Gasteiger partial charge in [0, 0.05) is 11.7 Å². The maximum absolute atomic E-state index is 13.0. The summed E-state index contributed by atoms with van der Waals surface area (Å²) in [6.07, 6.45) is 2.12. The number of benzene rings is 1. The van der Waals surface area contributed by atoms with Crippen molar-refractivity contribution in [2.24, 2.45) is 0 Å². The van der Waals surface area contributed by atoms with E-state index in [0.717, 1.165) is 24.1 Å². The number of aryl methyl sites for hydroxylation is 1. The van der Waals surface area contributed by atoms with Gasteiger partial charge in [0.25, 0.3) is 0 Å². The van der Waals surface area contributed by atoms with Crippen LogP contribution >= 0.6 is 0 Å². The molecule has 1 N–H and O–H groups in total.